The Morgan fingerprint density at radius 1 is 1.40 bits per heavy atom. The molecule has 0 radical (unpaired) electrons. The Balaban J connectivity index is 2.13. The smallest absolute Gasteiger partial charge is 0.395 e. The van der Waals surface area contributed by atoms with Crippen molar-refractivity contribution in [3.63, 3.8) is 0 Å². The molecule has 2 aromatic rings. The highest BCUT2D eigenvalue weighted by atomic mass is 32.1. The van der Waals surface area contributed by atoms with E-state index in [1.54, 1.807) is 6.07 Å². The van der Waals surface area contributed by atoms with Crippen molar-refractivity contribution in [2.24, 2.45) is 0 Å². The van der Waals surface area contributed by atoms with Crippen molar-refractivity contribution in [3.05, 3.63) is 39.8 Å². The van der Waals surface area contributed by atoms with Crippen LogP contribution >= 0.6 is 11.3 Å². The quantitative estimate of drug-likeness (QED) is 0.885. The van der Waals surface area contributed by atoms with Gasteiger partial charge in [-0.25, -0.2) is 0 Å². The van der Waals surface area contributed by atoms with E-state index in [9.17, 15) is 13.2 Å². The molecule has 0 saturated carbocycles. The van der Waals surface area contributed by atoms with Crippen molar-refractivity contribution in [2.75, 3.05) is 6.61 Å². The van der Waals surface area contributed by atoms with E-state index >= 15 is 0 Å². The number of hydrogen-bond donors (Lipinski definition) is 1. The summed E-state index contributed by atoms with van der Waals surface area (Å²) >= 11 is 1.41. The van der Waals surface area contributed by atoms with Gasteiger partial charge in [-0.2, -0.15) is 18.3 Å². The number of aliphatic hydroxyl groups is 1. The van der Waals surface area contributed by atoms with Gasteiger partial charge in [0.25, 0.3) is 0 Å². The molecule has 20 heavy (non-hydrogen) atoms. The average molecular weight is 300 g/mol. The number of halogens is 3. The van der Waals surface area contributed by atoms with Crippen LogP contribution in [0.25, 0.3) is 0 Å². The molecule has 2 aromatic heterocycles. The van der Waals surface area contributed by atoms with E-state index in [4.69, 9.17) is 5.11 Å². The van der Waals surface area contributed by atoms with Crippen LogP contribution < -0.4 is 0 Å². The molecular formula is C13H11F3N2OS. The highest BCUT2D eigenvalue weighted by molar-refractivity contribution is 7.10. The predicted molar refractivity (Wildman–Crippen MR) is 69.2 cm³/mol. The monoisotopic (exact) mass is 300 g/mol. The second-order valence-electron chi connectivity index (χ2n) is 3.96. The summed E-state index contributed by atoms with van der Waals surface area (Å²) in [4.78, 5) is 0.840. The first-order valence-electron chi connectivity index (χ1n) is 5.76. The molecule has 0 atom stereocenters. The van der Waals surface area contributed by atoms with Gasteiger partial charge in [-0.1, -0.05) is 11.8 Å². The van der Waals surface area contributed by atoms with Gasteiger partial charge in [-0.15, -0.1) is 11.3 Å². The molecule has 106 valence electrons. The van der Waals surface area contributed by atoms with E-state index in [-0.39, 0.29) is 13.2 Å². The first-order chi connectivity index (χ1) is 9.50. The lowest BCUT2D eigenvalue weighted by Gasteiger charge is -2.01. The second kappa shape index (κ2) is 6.11. The highest BCUT2D eigenvalue weighted by Crippen LogP contribution is 2.28. The number of alkyl halides is 3. The predicted octanol–water partition coefficient (Wildman–Crippen LogP) is 2.75. The largest absolute Gasteiger partial charge is 0.419 e. The Hall–Kier alpha value is -1.78. The minimum atomic E-state index is -4.38. The van der Waals surface area contributed by atoms with Crippen molar-refractivity contribution in [3.8, 4) is 11.8 Å². The number of rotatable bonds is 3. The third kappa shape index (κ3) is 3.62. The number of aromatic nitrogens is 2. The van der Waals surface area contributed by atoms with Crippen LogP contribution in [0.15, 0.2) is 23.8 Å². The average Bonchev–Trinajstić information content (AvgIpc) is 2.99. The van der Waals surface area contributed by atoms with Gasteiger partial charge in [0, 0.05) is 23.1 Å². The van der Waals surface area contributed by atoms with Crippen LogP contribution in [0.5, 0.6) is 0 Å². The summed E-state index contributed by atoms with van der Waals surface area (Å²) in [5.74, 6) is 5.68. The topological polar surface area (TPSA) is 38.0 Å². The molecule has 0 bridgehead atoms. The lowest BCUT2D eigenvalue weighted by atomic mass is 10.2. The molecule has 0 amide bonds. The molecule has 7 heteroatoms. The molecule has 0 aliphatic carbocycles. The van der Waals surface area contributed by atoms with Crippen LogP contribution in [0.3, 0.4) is 0 Å². The van der Waals surface area contributed by atoms with Crippen LogP contribution in [-0.4, -0.2) is 21.5 Å². The maximum atomic E-state index is 12.5. The fourth-order valence-electron chi connectivity index (χ4n) is 1.53. The Kier molecular flexibility index (Phi) is 4.47. The zero-order chi connectivity index (χ0) is 14.6. The van der Waals surface area contributed by atoms with Crippen LogP contribution in [0.1, 0.15) is 22.4 Å². The Labute approximate surface area is 117 Å². The summed E-state index contributed by atoms with van der Waals surface area (Å²) in [6.07, 6.45) is -2.22. The van der Waals surface area contributed by atoms with E-state index in [1.165, 1.54) is 16.0 Å². The number of thiophene rings is 1. The molecule has 2 heterocycles. The maximum absolute atomic E-state index is 12.5. The summed E-state index contributed by atoms with van der Waals surface area (Å²) in [6.45, 7) is 0.234. The van der Waals surface area contributed by atoms with Gasteiger partial charge in [0.15, 0.2) is 0 Å². The third-order valence-corrected chi connectivity index (χ3v) is 3.38. The molecule has 2 rings (SSSR count). The molecule has 1 N–H and O–H groups in total. The van der Waals surface area contributed by atoms with E-state index in [2.05, 4.69) is 16.9 Å². The summed E-state index contributed by atoms with van der Waals surface area (Å²) in [7, 11) is 0. The van der Waals surface area contributed by atoms with Crippen molar-refractivity contribution in [1.29, 1.82) is 0 Å². The van der Waals surface area contributed by atoms with Gasteiger partial charge in [-0.3, -0.25) is 4.68 Å². The lowest BCUT2D eigenvalue weighted by molar-refractivity contribution is -0.137. The SMILES string of the molecule is OCCC#Cc1ccsc1Cn1cc(C(F)(F)F)cn1. The first-order valence-corrected chi connectivity index (χ1v) is 6.64. The molecule has 0 aromatic carbocycles. The van der Waals surface area contributed by atoms with Gasteiger partial charge < -0.3 is 5.11 Å². The Bertz CT molecular complexity index is 634. The van der Waals surface area contributed by atoms with Gasteiger partial charge in [0.2, 0.25) is 0 Å². The Morgan fingerprint density at radius 2 is 2.20 bits per heavy atom. The van der Waals surface area contributed by atoms with Gasteiger partial charge >= 0.3 is 6.18 Å². The van der Waals surface area contributed by atoms with E-state index in [1.807, 2.05) is 5.38 Å². The van der Waals surface area contributed by atoms with Gasteiger partial charge in [-0.05, 0) is 11.4 Å². The minimum absolute atomic E-state index is 0.0133. The first kappa shape index (κ1) is 14.6. The normalized spacial score (nSPS) is 11.2. The number of nitrogens with zero attached hydrogens (tertiary/aromatic N) is 2. The lowest BCUT2D eigenvalue weighted by Crippen LogP contribution is -2.04. The molecule has 0 saturated heterocycles. The summed E-state index contributed by atoms with van der Waals surface area (Å²) in [6, 6.07) is 1.80. The molecule has 0 aliphatic heterocycles. The number of aliphatic hydroxyl groups excluding tert-OH is 1. The molecule has 0 unspecified atom stereocenters. The molecule has 0 aliphatic rings. The van der Waals surface area contributed by atoms with E-state index < -0.39 is 11.7 Å². The highest BCUT2D eigenvalue weighted by Gasteiger charge is 2.32. The van der Waals surface area contributed by atoms with Crippen molar-refractivity contribution in [2.45, 2.75) is 19.1 Å². The van der Waals surface area contributed by atoms with E-state index in [0.29, 0.717) is 6.42 Å². The van der Waals surface area contributed by atoms with Crippen molar-refractivity contribution < 1.29 is 18.3 Å². The Morgan fingerprint density at radius 3 is 2.85 bits per heavy atom. The fraction of sp³-hybridized carbons (Fsp3) is 0.308. The third-order valence-electron chi connectivity index (χ3n) is 2.47. The fourth-order valence-corrected chi connectivity index (χ4v) is 2.35. The standard InChI is InChI=1S/C13H11F3N2OS/c14-13(15,16)11-7-17-18(8-11)9-12-10(4-6-20-12)3-1-2-5-19/h4,6-8,19H,2,5,9H2. The van der Waals surface area contributed by atoms with Crippen LogP contribution in [0, 0.1) is 11.8 Å². The maximum Gasteiger partial charge on any atom is 0.419 e. The second-order valence-corrected chi connectivity index (χ2v) is 4.96. The van der Waals surface area contributed by atoms with Crippen LogP contribution in [0.4, 0.5) is 13.2 Å². The van der Waals surface area contributed by atoms with E-state index in [0.717, 1.165) is 22.8 Å². The molecule has 3 nitrogen and oxygen atoms in total. The minimum Gasteiger partial charge on any atom is -0.395 e. The summed E-state index contributed by atoms with van der Waals surface area (Å²) in [5.41, 5.74) is -0.00511. The zero-order valence-corrected chi connectivity index (χ0v) is 11.1. The van der Waals surface area contributed by atoms with Gasteiger partial charge in [0.05, 0.1) is 24.9 Å². The zero-order valence-electron chi connectivity index (χ0n) is 10.3. The molecule has 0 spiro atoms. The van der Waals surface area contributed by atoms with Crippen molar-refractivity contribution in [1.82, 2.24) is 9.78 Å². The summed E-state index contributed by atoms with van der Waals surface area (Å²) < 4.78 is 38.6. The van der Waals surface area contributed by atoms with Crippen LogP contribution in [0.2, 0.25) is 0 Å². The molecule has 0 fully saturated rings. The molecular weight excluding hydrogens is 289 g/mol. The summed E-state index contributed by atoms with van der Waals surface area (Å²) in [5, 5.41) is 14.2. The van der Waals surface area contributed by atoms with Gasteiger partial charge in [0.1, 0.15) is 0 Å². The van der Waals surface area contributed by atoms with Crippen LogP contribution in [-0.2, 0) is 12.7 Å². The van der Waals surface area contributed by atoms with Crippen molar-refractivity contribution >= 4 is 11.3 Å². The number of hydrogen-bond acceptors (Lipinski definition) is 3.